The lowest BCUT2D eigenvalue weighted by atomic mass is 9.80. The first-order chi connectivity index (χ1) is 12.9. The molecule has 144 valence electrons. The molecule has 2 saturated carbocycles. The van der Waals surface area contributed by atoms with E-state index in [1.165, 1.54) is 18.5 Å². The number of hydrogen-bond donors (Lipinski definition) is 3. The first-order valence-electron chi connectivity index (χ1n) is 9.58. The molecule has 2 aliphatic rings. The lowest BCUT2D eigenvalue weighted by Gasteiger charge is -2.33. The minimum absolute atomic E-state index is 0.135. The summed E-state index contributed by atoms with van der Waals surface area (Å²) < 4.78 is 1.94. The van der Waals surface area contributed by atoms with Crippen molar-refractivity contribution in [2.45, 2.75) is 56.5 Å². The van der Waals surface area contributed by atoms with Gasteiger partial charge in [0.15, 0.2) is 0 Å². The van der Waals surface area contributed by atoms with Crippen LogP contribution < -0.4 is 11.1 Å². The highest BCUT2D eigenvalue weighted by atomic mass is 16.4. The van der Waals surface area contributed by atoms with Crippen molar-refractivity contribution in [3.63, 3.8) is 0 Å². The fourth-order valence-corrected chi connectivity index (χ4v) is 3.77. The number of nitrogens with two attached hydrogens (primary N) is 1. The molecule has 2 aliphatic carbocycles. The maximum Gasteiger partial charge on any atom is 0.323 e. The molecule has 0 atom stereocenters. The van der Waals surface area contributed by atoms with Gasteiger partial charge in [0.1, 0.15) is 5.54 Å². The number of carboxylic acid groups (broad SMARTS) is 1. The van der Waals surface area contributed by atoms with Gasteiger partial charge in [0.25, 0.3) is 0 Å². The van der Waals surface area contributed by atoms with E-state index < -0.39 is 11.5 Å². The fraction of sp³-hybridized carbons (Fsp3) is 0.579. The first kappa shape index (κ1) is 17.9. The number of rotatable bonds is 6. The molecule has 0 aliphatic heterocycles. The third-order valence-electron chi connectivity index (χ3n) is 5.81. The Morgan fingerprint density at radius 1 is 1.37 bits per heavy atom. The quantitative estimate of drug-likeness (QED) is 0.711. The second-order valence-corrected chi connectivity index (χ2v) is 7.92. The van der Waals surface area contributed by atoms with Crippen LogP contribution in [0.25, 0.3) is 11.3 Å². The number of anilines is 1. The Balaban J connectivity index is 1.47. The number of aryl methyl sites for hydroxylation is 1. The van der Waals surface area contributed by atoms with Crippen LogP contribution in [0, 0.1) is 5.92 Å². The molecule has 2 aromatic rings. The Morgan fingerprint density at radius 3 is 2.78 bits per heavy atom. The predicted octanol–water partition coefficient (Wildman–Crippen LogP) is 1.97. The standard InChI is InChI=1S/C19H26N6O2/c1-25-16(10-12-2-3-12)14(11-22-25)15-6-9-21-18(24-15)23-13-4-7-19(20,8-5-13)17(26)27/h6,9,11-13H,2-5,7-8,10,20H2,1H3,(H,26,27)(H,21,23,24). The highest BCUT2D eigenvalue weighted by Gasteiger charge is 2.38. The Morgan fingerprint density at radius 2 is 2.11 bits per heavy atom. The van der Waals surface area contributed by atoms with E-state index in [0.717, 1.165) is 23.6 Å². The lowest BCUT2D eigenvalue weighted by Crippen LogP contribution is -2.52. The van der Waals surface area contributed by atoms with Crippen LogP contribution in [0.2, 0.25) is 0 Å². The number of hydrogen-bond acceptors (Lipinski definition) is 6. The lowest BCUT2D eigenvalue weighted by molar-refractivity contribution is -0.144. The molecule has 0 radical (unpaired) electrons. The van der Waals surface area contributed by atoms with E-state index in [1.54, 1.807) is 6.20 Å². The summed E-state index contributed by atoms with van der Waals surface area (Å²) >= 11 is 0. The largest absolute Gasteiger partial charge is 0.480 e. The SMILES string of the molecule is Cn1ncc(-c2ccnc(NC3CCC(N)(C(=O)O)CC3)n2)c1CC1CC1. The molecule has 0 aromatic carbocycles. The molecule has 8 nitrogen and oxygen atoms in total. The molecule has 0 bridgehead atoms. The molecular formula is C19H26N6O2. The normalized spacial score (nSPS) is 25.3. The average Bonchev–Trinajstić information content (AvgIpc) is 3.40. The smallest absolute Gasteiger partial charge is 0.323 e. The maximum absolute atomic E-state index is 11.3. The van der Waals surface area contributed by atoms with Gasteiger partial charge in [-0.2, -0.15) is 5.10 Å². The summed E-state index contributed by atoms with van der Waals surface area (Å²) in [5.74, 6) is 0.420. The molecule has 2 aromatic heterocycles. The third kappa shape index (κ3) is 3.80. The molecule has 2 fully saturated rings. The van der Waals surface area contributed by atoms with E-state index in [2.05, 4.69) is 20.4 Å². The Kier molecular flexibility index (Phi) is 4.59. The molecule has 4 rings (SSSR count). The number of carboxylic acids is 1. The number of aliphatic carboxylic acids is 1. The highest BCUT2D eigenvalue weighted by molar-refractivity contribution is 5.78. The summed E-state index contributed by atoms with van der Waals surface area (Å²) in [4.78, 5) is 20.3. The van der Waals surface area contributed by atoms with Crippen molar-refractivity contribution in [2.75, 3.05) is 5.32 Å². The molecule has 0 spiro atoms. The summed E-state index contributed by atoms with van der Waals surface area (Å²) in [5, 5.41) is 17.0. The average molecular weight is 370 g/mol. The van der Waals surface area contributed by atoms with Crippen LogP contribution in [0.15, 0.2) is 18.5 Å². The molecule has 4 N–H and O–H groups in total. The number of carbonyl (C=O) groups is 1. The van der Waals surface area contributed by atoms with Gasteiger partial charge in [-0.15, -0.1) is 0 Å². The van der Waals surface area contributed by atoms with Gasteiger partial charge in [0, 0.05) is 30.5 Å². The van der Waals surface area contributed by atoms with E-state index in [-0.39, 0.29) is 6.04 Å². The van der Waals surface area contributed by atoms with Gasteiger partial charge in [0.2, 0.25) is 5.95 Å². The zero-order valence-electron chi connectivity index (χ0n) is 15.6. The molecule has 0 saturated heterocycles. The van der Waals surface area contributed by atoms with Crippen LogP contribution in [0.1, 0.15) is 44.2 Å². The van der Waals surface area contributed by atoms with Gasteiger partial charge in [-0.05, 0) is 56.9 Å². The van der Waals surface area contributed by atoms with Crippen LogP contribution in [0.3, 0.4) is 0 Å². The number of aromatic nitrogens is 4. The van der Waals surface area contributed by atoms with E-state index >= 15 is 0 Å². The molecule has 0 unspecified atom stereocenters. The molecule has 27 heavy (non-hydrogen) atoms. The number of nitrogens with one attached hydrogen (secondary N) is 1. The van der Waals surface area contributed by atoms with Gasteiger partial charge in [-0.25, -0.2) is 9.97 Å². The topological polar surface area (TPSA) is 119 Å². The molecule has 8 heteroatoms. The van der Waals surface area contributed by atoms with Gasteiger partial charge in [0.05, 0.1) is 11.9 Å². The maximum atomic E-state index is 11.3. The summed E-state index contributed by atoms with van der Waals surface area (Å²) in [6.45, 7) is 0. The summed E-state index contributed by atoms with van der Waals surface area (Å²) in [7, 11) is 1.98. The van der Waals surface area contributed by atoms with Gasteiger partial charge in [-0.3, -0.25) is 9.48 Å². The van der Waals surface area contributed by atoms with Crippen LogP contribution in [-0.4, -0.2) is 42.4 Å². The van der Waals surface area contributed by atoms with Crippen LogP contribution >= 0.6 is 0 Å². The van der Waals surface area contributed by atoms with Crippen molar-refractivity contribution in [3.8, 4) is 11.3 Å². The van der Waals surface area contributed by atoms with Crippen molar-refractivity contribution in [1.29, 1.82) is 0 Å². The minimum Gasteiger partial charge on any atom is -0.480 e. The van der Waals surface area contributed by atoms with Gasteiger partial charge >= 0.3 is 5.97 Å². The van der Waals surface area contributed by atoms with E-state index in [1.807, 2.05) is 24.0 Å². The number of nitrogens with zero attached hydrogens (tertiary/aromatic N) is 4. The molecule has 2 heterocycles. The van der Waals surface area contributed by atoms with E-state index in [9.17, 15) is 9.90 Å². The summed E-state index contributed by atoms with van der Waals surface area (Å²) in [5.41, 5.74) is 7.99. The summed E-state index contributed by atoms with van der Waals surface area (Å²) in [6.07, 6.45) is 9.54. The Hall–Kier alpha value is -2.48. The van der Waals surface area contributed by atoms with Crippen molar-refractivity contribution in [3.05, 3.63) is 24.2 Å². The molecule has 0 amide bonds. The predicted molar refractivity (Wildman–Crippen MR) is 101 cm³/mol. The van der Waals surface area contributed by atoms with Crippen LogP contribution in [0.5, 0.6) is 0 Å². The summed E-state index contributed by atoms with van der Waals surface area (Å²) in [6, 6.07) is 2.05. The van der Waals surface area contributed by atoms with Crippen molar-refractivity contribution < 1.29 is 9.90 Å². The van der Waals surface area contributed by atoms with Gasteiger partial charge < -0.3 is 16.2 Å². The first-order valence-corrected chi connectivity index (χ1v) is 9.58. The highest BCUT2D eigenvalue weighted by Crippen LogP contribution is 2.35. The molecular weight excluding hydrogens is 344 g/mol. The van der Waals surface area contributed by atoms with E-state index in [0.29, 0.717) is 31.6 Å². The minimum atomic E-state index is -1.10. The van der Waals surface area contributed by atoms with Crippen molar-refractivity contribution >= 4 is 11.9 Å². The third-order valence-corrected chi connectivity index (χ3v) is 5.81. The fourth-order valence-electron chi connectivity index (χ4n) is 3.77. The van der Waals surface area contributed by atoms with Crippen LogP contribution in [0.4, 0.5) is 5.95 Å². The Bertz CT molecular complexity index is 836. The van der Waals surface area contributed by atoms with Crippen LogP contribution in [-0.2, 0) is 18.3 Å². The van der Waals surface area contributed by atoms with Crippen molar-refractivity contribution in [2.24, 2.45) is 18.7 Å². The van der Waals surface area contributed by atoms with Gasteiger partial charge in [-0.1, -0.05) is 0 Å². The van der Waals surface area contributed by atoms with Crippen molar-refractivity contribution in [1.82, 2.24) is 19.7 Å². The second kappa shape index (κ2) is 6.92. The second-order valence-electron chi connectivity index (χ2n) is 7.92. The Labute approximate surface area is 158 Å². The zero-order chi connectivity index (χ0) is 19.0. The van der Waals surface area contributed by atoms with E-state index in [4.69, 9.17) is 5.73 Å². The zero-order valence-corrected chi connectivity index (χ0v) is 15.6. The monoisotopic (exact) mass is 370 g/mol.